The second-order valence-electron chi connectivity index (χ2n) is 5.44. The lowest BCUT2D eigenvalue weighted by Crippen LogP contribution is -2.29. The molecule has 3 nitrogen and oxygen atoms in total. The summed E-state index contributed by atoms with van der Waals surface area (Å²) in [6, 6.07) is 5.13. The van der Waals surface area contributed by atoms with Gasteiger partial charge in [0.2, 0.25) is 0 Å². The minimum absolute atomic E-state index is 0.610. The number of piperidine rings is 1. The Hall–Kier alpha value is -1.35. The second kappa shape index (κ2) is 4.39. The summed E-state index contributed by atoms with van der Waals surface area (Å²) in [7, 11) is 0. The first-order chi connectivity index (χ1) is 8.66. The van der Waals surface area contributed by atoms with Crippen molar-refractivity contribution in [2.75, 3.05) is 13.1 Å². The van der Waals surface area contributed by atoms with Crippen LogP contribution in [-0.4, -0.2) is 22.6 Å². The van der Waals surface area contributed by atoms with Crippen LogP contribution in [0.5, 0.6) is 0 Å². The summed E-state index contributed by atoms with van der Waals surface area (Å²) >= 11 is 0. The summed E-state index contributed by atoms with van der Waals surface area (Å²) in [6.07, 6.45) is 2.42. The van der Waals surface area contributed by atoms with E-state index in [1.165, 1.54) is 29.5 Å². The Morgan fingerprint density at radius 3 is 2.50 bits per heavy atom. The molecule has 1 fully saturated rings. The van der Waals surface area contributed by atoms with E-state index in [2.05, 4.69) is 42.8 Å². The molecule has 0 bridgehead atoms. The zero-order valence-corrected chi connectivity index (χ0v) is 11.5. The number of nitrogens with zero attached hydrogens (tertiary/aromatic N) is 2. The highest BCUT2D eigenvalue weighted by atomic mass is 15.1. The van der Waals surface area contributed by atoms with E-state index in [1.807, 2.05) is 0 Å². The molecule has 2 aromatic rings. The molecule has 1 aromatic carbocycles. The van der Waals surface area contributed by atoms with Gasteiger partial charge in [-0.1, -0.05) is 0 Å². The average molecular weight is 243 g/mol. The quantitative estimate of drug-likeness (QED) is 0.834. The van der Waals surface area contributed by atoms with E-state index in [0.717, 1.165) is 24.4 Å². The monoisotopic (exact) mass is 243 g/mol. The van der Waals surface area contributed by atoms with Gasteiger partial charge in [0, 0.05) is 6.04 Å². The van der Waals surface area contributed by atoms with Crippen LogP contribution in [0.2, 0.25) is 0 Å². The summed E-state index contributed by atoms with van der Waals surface area (Å²) in [5.41, 5.74) is 5.15. The SMILES string of the molecule is Cc1cc2nc(C)n(C3CCNCC3)c2cc1C. The normalized spacial score (nSPS) is 17.5. The van der Waals surface area contributed by atoms with Crippen molar-refractivity contribution in [2.45, 2.75) is 39.7 Å². The van der Waals surface area contributed by atoms with Gasteiger partial charge in [-0.2, -0.15) is 0 Å². The van der Waals surface area contributed by atoms with Gasteiger partial charge in [0.1, 0.15) is 5.82 Å². The van der Waals surface area contributed by atoms with Crippen LogP contribution in [-0.2, 0) is 0 Å². The number of fused-ring (bicyclic) bond motifs is 1. The molecule has 3 rings (SSSR count). The van der Waals surface area contributed by atoms with Crippen LogP contribution >= 0.6 is 0 Å². The summed E-state index contributed by atoms with van der Waals surface area (Å²) in [6.45, 7) is 8.72. The third-order valence-corrected chi connectivity index (χ3v) is 4.16. The Kier molecular flexibility index (Phi) is 2.86. The molecule has 0 unspecified atom stereocenters. The van der Waals surface area contributed by atoms with Gasteiger partial charge in [0.25, 0.3) is 0 Å². The number of imidazole rings is 1. The van der Waals surface area contributed by atoms with E-state index in [4.69, 9.17) is 4.98 Å². The molecular formula is C15H21N3. The minimum atomic E-state index is 0.610. The van der Waals surface area contributed by atoms with Crippen molar-refractivity contribution in [1.82, 2.24) is 14.9 Å². The zero-order chi connectivity index (χ0) is 12.7. The molecule has 3 heteroatoms. The molecule has 1 aliphatic heterocycles. The van der Waals surface area contributed by atoms with E-state index >= 15 is 0 Å². The van der Waals surface area contributed by atoms with Crippen molar-refractivity contribution < 1.29 is 0 Å². The average Bonchev–Trinajstić information content (AvgIpc) is 2.66. The van der Waals surface area contributed by atoms with Gasteiger partial charge in [-0.15, -0.1) is 0 Å². The van der Waals surface area contributed by atoms with Gasteiger partial charge >= 0.3 is 0 Å². The van der Waals surface area contributed by atoms with Crippen molar-refractivity contribution in [2.24, 2.45) is 0 Å². The second-order valence-corrected chi connectivity index (χ2v) is 5.44. The van der Waals surface area contributed by atoms with Gasteiger partial charge < -0.3 is 9.88 Å². The van der Waals surface area contributed by atoms with Crippen molar-refractivity contribution in [3.8, 4) is 0 Å². The third kappa shape index (κ3) is 1.83. The van der Waals surface area contributed by atoms with Crippen LogP contribution < -0.4 is 5.32 Å². The fraction of sp³-hybridized carbons (Fsp3) is 0.533. The first kappa shape index (κ1) is 11.7. The third-order valence-electron chi connectivity index (χ3n) is 4.16. The van der Waals surface area contributed by atoms with Crippen LogP contribution in [0.4, 0.5) is 0 Å². The molecule has 2 heterocycles. The Morgan fingerprint density at radius 2 is 1.78 bits per heavy atom. The Morgan fingerprint density at radius 1 is 1.11 bits per heavy atom. The maximum Gasteiger partial charge on any atom is 0.106 e. The fourth-order valence-electron chi connectivity index (χ4n) is 3.00. The molecule has 1 saturated heterocycles. The molecule has 0 aliphatic carbocycles. The van der Waals surface area contributed by atoms with E-state index in [0.29, 0.717) is 6.04 Å². The maximum atomic E-state index is 4.73. The molecule has 0 amide bonds. The first-order valence-electron chi connectivity index (χ1n) is 6.83. The van der Waals surface area contributed by atoms with E-state index in [1.54, 1.807) is 0 Å². The highest BCUT2D eigenvalue weighted by Gasteiger charge is 2.19. The molecule has 0 radical (unpaired) electrons. The van der Waals surface area contributed by atoms with Crippen molar-refractivity contribution in [1.29, 1.82) is 0 Å². The number of hydrogen-bond donors (Lipinski definition) is 1. The topological polar surface area (TPSA) is 29.9 Å². The van der Waals surface area contributed by atoms with Crippen LogP contribution in [0.25, 0.3) is 11.0 Å². The van der Waals surface area contributed by atoms with Gasteiger partial charge in [-0.3, -0.25) is 0 Å². The van der Waals surface area contributed by atoms with E-state index in [9.17, 15) is 0 Å². The van der Waals surface area contributed by atoms with Crippen LogP contribution in [0.15, 0.2) is 12.1 Å². The lowest BCUT2D eigenvalue weighted by molar-refractivity contribution is 0.370. The predicted molar refractivity (Wildman–Crippen MR) is 75.1 cm³/mol. The highest BCUT2D eigenvalue weighted by Crippen LogP contribution is 2.28. The standard InChI is InChI=1S/C15H21N3/c1-10-8-14-15(9-11(10)2)18(12(3)17-14)13-4-6-16-7-5-13/h8-9,13,16H,4-7H2,1-3H3. The van der Waals surface area contributed by atoms with Crippen LogP contribution in [0.3, 0.4) is 0 Å². The van der Waals surface area contributed by atoms with Gasteiger partial charge in [0.15, 0.2) is 0 Å². The maximum absolute atomic E-state index is 4.73. The molecular weight excluding hydrogens is 222 g/mol. The molecule has 1 aromatic heterocycles. The number of benzene rings is 1. The van der Waals surface area contributed by atoms with Gasteiger partial charge in [-0.05, 0) is 70.0 Å². The molecule has 0 spiro atoms. The van der Waals surface area contributed by atoms with Gasteiger partial charge in [0.05, 0.1) is 11.0 Å². The number of hydrogen-bond acceptors (Lipinski definition) is 2. The fourth-order valence-corrected chi connectivity index (χ4v) is 3.00. The zero-order valence-electron chi connectivity index (χ0n) is 11.5. The lowest BCUT2D eigenvalue weighted by atomic mass is 10.1. The molecule has 0 saturated carbocycles. The molecule has 1 N–H and O–H groups in total. The molecule has 96 valence electrons. The largest absolute Gasteiger partial charge is 0.325 e. The van der Waals surface area contributed by atoms with Crippen molar-refractivity contribution in [3.63, 3.8) is 0 Å². The number of rotatable bonds is 1. The summed E-state index contributed by atoms with van der Waals surface area (Å²) in [4.78, 5) is 4.73. The Labute approximate surface area is 108 Å². The predicted octanol–water partition coefficient (Wildman–Crippen LogP) is 2.89. The number of aryl methyl sites for hydroxylation is 3. The first-order valence-corrected chi connectivity index (χ1v) is 6.83. The molecule has 0 atom stereocenters. The molecule has 18 heavy (non-hydrogen) atoms. The van der Waals surface area contributed by atoms with E-state index in [-0.39, 0.29) is 0 Å². The van der Waals surface area contributed by atoms with Crippen LogP contribution in [0.1, 0.15) is 35.8 Å². The minimum Gasteiger partial charge on any atom is -0.325 e. The Balaban J connectivity index is 2.15. The summed E-state index contributed by atoms with van der Waals surface area (Å²) in [5.74, 6) is 1.15. The summed E-state index contributed by atoms with van der Waals surface area (Å²) < 4.78 is 2.45. The van der Waals surface area contributed by atoms with Crippen molar-refractivity contribution >= 4 is 11.0 Å². The smallest absolute Gasteiger partial charge is 0.106 e. The van der Waals surface area contributed by atoms with Gasteiger partial charge in [-0.25, -0.2) is 4.98 Å². The van der Waals surface area contributed by atoms with Crippen LogP contribution in [0, 0.1) is 20.8 Å². The lowest BCUT2D eigenvalue weighted by Gasteiger charge is -2.25. The van der Waals surface area contributed by atoms with Crippen molar-refractivity contribution in [3.05, 3.63) is 29.1 Å². The number of nitrogens with one attached hydrogen (secondary N) is 1. The number of aromatic nitrogens is 2. The molecule has 1 aliphatic rings. The Bertz CT molecular complexity index is 577. The highest BCUT2D eigenvalue weighted by molar-refractivity contribution is 5.78. The summed E-state index contributed by atoms with van der Waals surface area (Å²) in [5, 5.41) is 3.43. The van der Waals surface area contributed by atoms with E-state index < -0.39 is 0 Å².